The quantitative estimate of drug-likeness (QED) is 0.676. The Bertz CT molecular complexity index is 938. The molecule has 10 heteroatoms. The van der Waals surface area contributed by atoms with Gasteiger partial charge in [0.2, 0.25) is 5.13 Å². The number of sulfone groups is 1. The van der Waals surface area contributed by atoms with E-state index in [1.807, 2.05) is 0 Å². The topological polar surface area (TPSA) is 67.2 Å². The minimum atomic E-state index is -2.96. The Morgan fingerprint density at radius 1 is 1.41 bits per heavy atom. The molecule has 1 aromatic heterocycles. The van der Waals surface area contributed by atoms with Crippen LogP contribution in [0.4, 0.5) is 15.2 Å². The van der Waals surface area contributed by atoms with Crippen molar-refractivity contribution in [1.29, 1.82) is 0 Å². The van der Waals surface area contributed by atoms with E-state index in [0.29, 0.717) is 28.1 Å². The summed E-state index contributed by atoms with van der Waals surface area (Å²) in [5, 5.41) is 8.27. The van der Waals surface area contributed by atoms with Gasteiger partial charge in [0.05, 0.1) is 18.2 Å². The second-order valence-corrected chi connectivity index (χ2v) is 11.0. The van der Waals surface area contributed by atoms with Crippen LogP contribution in [0.15, 0.2) is 24.3 Å². The molecule has 1 atom stereocenters. The molecule has 0 amide bonds. The van der Waals surface area contributed by atoms with Gasteiger partial charge in [-0.1, -0.05) is 25.2 Å². The van der Waals surface area contributed by atoms with Gasteiger partial charge in [-0.05, 0) is 48.8 Å². The highest BCUT2D eigenvalue weighted by molar-refractivity contribution is 7.91. The molecular formula is C17H23FN4O2S3. The zero-order valence-corrected chi connectivity index (χ0v) is 17.7. The SMILES string of the molecule is CC(C)CN(Cn1nc(Nc2ccc(F)cc2)sc1=S)[C@@H]1CCS(=O)(=O)C1. The molecule has 0 radical (unpaired) electrons. The van der Waals surface area contributed by atoms with Crippen molar-refractivity contribution in [2.75, 3.05) is 23.4 Å². The van der Waals surface area contributed by atoms with Crippen LogP contribution in [0.5, 0.6) is 0 Å². The first kappa shape index (κ1) is 20.4. The Hall–Kier alpha value is -1.36. The number of nitrogens with zero attached hydrogens (tertiary/aromatic N) is 3. The lowest BCUT2D eigenvalue weighted by atomic mass is 10.1. The molecule has 1 aliphatic rings. The highest BCUT2D eigenvalue weighted by atomic mass is 32.2. The van der Waals surface area contributed by atoms with E-state index in [2.05, 4.69) is 29.2 Å². The van der Waals surface area contributed by atoms with Crippen LogP contribution in [0.25, 0.3) is 0 Å². The molecule has 2 aromatic rings. The first-order valence-electron chi connectivity index (χ1n) is 8.77. The molecule has 1 saturated heterocycles. The third kappa shape index (κ3) is 5.56. The number of halogens is 1. The molecule has 27 heavy (non-hydrogen) atoms. The Balaban J connectivity index is 1.75. The van der Waals surface area contributed by atoms with Crippen molar-refractivity contribution >= 4 is 44.2 Å². The van der Waals surface area contributed by atoms with Gasteiger partial charge in [-0.25, -0.2) is 17.5 Å². The average Bonchev–Trinajstić information content (AvgIpc) is 3.11. The molecule has 1 aromatic carbocycles. The summed E-state index contributed by atoms with van der Waals surface area (Å²) in [6, 6.07) is 6.03. The normalized spacial score (nSPS) is 19.1. The Kier molecular flexibility index (Phi) is 6.29. The first-order chi connectivity index (χ1) is 12.7. The summed E-state index contributed by atoms with van der Waals surface area (Å²) in [5.74, 6) is 0.539. The van der Waals surface area contributed by atoms with Crippen LogP contribution in [0.3, 0.4) is 0 Å². The molecule has 1 aliphatic heterocycles. The average molecular weight is 431 g/mol. The Morgan fingerprint density at radius 3 is 2.70 bits per heavy atom. The monoisotopic (exact) mass is 430 g/mol. The van der Waals surface area contributed by atoms with Gasteiger partial charge in [0, 0.05) is 18.3 Å². The molecular weight excluding hydrogens is 407 g/mol. The van der Waals surface area contributed by atoms with Gasteiger partial charge in [0.15, 0.2) is 13.8 Å². The van der Waals surface area contributed by atoms with Crippen molar-refractivity contribution in [1.82, 2.24) is 14.7 Å². The van der Waals surface area contributed by atoms with Crippen molar-refractivity contribution in [3.05, 3.63) is 34.0 Å². The van der Waals surface area contributed by atoms with Crippen LogP contribution in [0.1, 0.15) is 20.3 Å². The van der Waals surface area contributed by atoms with Crippen molar-refractivity contribution in [2.24, 2.45) is 5.92 Å². The molecule has 0 saturated carbocycles. The van der Waals surface area contributed by atoms with Crippen LogP contribution >= 0.6 is 23.6 Å². The summed E-state index contributed by atoms with van der Waals surface area (Å²) in [6.45, 7) is 5.45. The highest BCUT2D eigenvalue weighted by Crippen LogP contribution is 2.23. The second kappa shape index (κ2) is 8.34. The lowest BCUT2D eigenvalue weighted by Gasteiger charge is -2.29. The number of rotatable bonds is 7. The lowest BCUT2D eigenvalue weighted by Crippen LogP contribution is -2.40. The summed E-state index contributed by atoms with van der Waals surface area (Å²) < 4.78 is 39.1. The minimum absolute atomic E-state index is 0.00509. The maximum Gasteiger partial charge on any atom is 0.209 e. The van der Waals surface area contributed by atoms with Gasteiger partial charge in [0.1, 0.15) is 5.82 Å². The van der Waals surface area contributed by atoms with E-state index in [1.165, 1.54) is 23.5 Å². The summed E-state index contributed by atoms with van der Waals surface area (Å²) >= 11 is 6.77. The van der Waals surface area contributed by atoms with Crippen molar-refractivity contribution in [3.63, 3.8) is 0 Å². The lowest BCUT2D eigenvalue weighted by molar-refractivity contribution is 0.138. The van der Waals surface area contributed by atoms with Crippen molar-refractivity contribution in [2.45, 2.75) is 33.0 Å². The standard InChI is InChI=1S/C17H23FN4O2S3/c1-12(2)9-21(15-7-8-27(23,24)10-15)11-22-17(25)26-16(20-22)19-14-5-3-13(18)4-6-14/h3-6,12,15H,7-11H2,1-2H3,(H,19,20)/t15-/m1/s1. The van der Waals surface area contributed by atoms with E-state index < -0.39 is 9.84 Å². The van der Waals surface area contributed by atoms with E-state index in [0.717, 1.165) is 12.2 Å². The summed E-state index contributed by atoms with van der Waals surface area (Å²) in [7, 11) is -2.96. The predicted molar refractivity (Wildman–Crippen MR) is 109 cm³/mol. The summed E-state index contributed by atoms with van der Waals surface area (Å²) in [4.78, 5) is 2.16. The largest absolute Gasteiger partial charge is 0.330 e. The first-order valence-corrected chi connectivity index (χ1v) is 11.8. The third-order valence-electron chi connectivity index (χ3n) is 4.34. The van der Waals surface area contributed by atoms with Gasteiger partial charge in [-0.2, -0.15) is 0 Å². The number of anilines is 2. The molecule has 0 bridgehead atoms. The van der Waals surface area contributed by atoms with Crippen LogP contribution in [-0.4, -0.2) is 47.2 Å². The zero-order chi connectivity index (χ0) is 19.6. The number of nitrogens with one attached hydrogen (secondary N) is 1. The van der Waals surface area contributed by atoms with E-state index in [9.17, 15) is 12.8 Å². The molecule has 1 fully saturated rings. The van der Waals surface area contributed by atoms with E-state index in [1.54, 1.807) is 16.8 Å². The maximum absolute atomic E-state index is 13.0. The fourth-order valence-electron chi connectivity index (χ4n) is 3.13. The number of aromatic nitrogens is 2. The maximum atomic E-state index is 13.0. The minimum Gasteiger partial charge on any atom is -0.330 e. The fourth-order valence-corrected chi connectivity index (χ4v) is 5.90. The van der Waals surface area contributed by atoms with Gasteiger partial charge in [-0.3, -0.25) is 4.90 Å². The van der Waals surface area contributed by atoms with Crippen LogP contribution in [0.2, 0.25) is 0 Å². The van der Waals surface area contributed by atoms with Crippen LogP contribution < -0.4 is 5.32 Å². The zero-order valence-electron chi connectivity index (χ0n) is 15.3. The number of hydrogen-bond donors (Lipinski definition) is 1. The van der Waals surface area contributed by atoms with Gasteiger partial charge in [-0.15, -0.1) is 5.10 Å². The van der Waals surface area contributed by atoms with Gasteiger partial charge in [0.25, 0.3) is 0 Å². The van der Waals surface area contributed by atoms with Gasteiger partial charge < -0.3 is 5.32 Å². The smallest absolute Gasteiger partial charge is 0.209 e. The van der Waals surface area contributed by atoms with E-state index in [-0.39, 0.29) is 23.4 Å². The molecule has 0 aliphatic carbocycles. The van der Waals surface area contributed by atoms with E-state index >= 15 is 0 Å². The Labute approximate surface area is 167 Å². The summed E-state index contributed by atoms with van der Waals surface area (Å²) in [6.07, 6.45) is 0.646. The molecule has 0 spiro atoms. The predicted octanol–water partition coefficient (Wildman–Crippen LogP) is 3.66. The highest BCUT2D eigenvalue weighted by Gasteiger charge is 2.32. The van der Waals surface area contributed by atoms with Gasteiger partial charge >= 0.3 is 0 Å². The molecule has 0 unspecified atom stereocenters. The molecule has 2 heterocycles. The fraction of sp³-hybridized carbons (Fsp3) is 0.529. The Morgan fingerprint density at radius 2 is 2.11 bits per heavy atom. The molecule has 3 rings (SSSR count). The number of hydrogen-bond acceptors (Lipinski definition) is 7. The van der Waals surface area contributed by atoms with Crippen molar-refractivity contribution < 1.29 is 12.8 Å². The van der Waals surface area contributed by atoms with E-state index in [4.69, 9.17) is 12.2 Å². The molecule has 6 nitrogen and oxygen atoms in total. The number of benzene rings is 1. The summed E-state index contributed by atoms with van der Waals surface area (Å²) in [5.41, 5.74) is 0.730. The van der Waals surface area contributed by atoms with Crippen LogP contribution in [0, 0.1) is 15.7 Å². The molecule has 1 N–H and O–H groups in total. The van der Waals surface area contributed by atoms with Crippen molar-refractivity contribution in [3.8, 4) is 0 Å². The molecule has 148 valence electrons. The van der Waals surface area contributed by atoms with Crippen LogP contribution in [-0.2, 0) is 16.5 Å². The third-order valence-corrected chi connectivity index (χ3v) is 7.32. The second-order valence-electron chi connectivity index (χ2n) is 7.17.